The molecule has 27 heavy (non-hydrogen) atoms. The molecule has 1 aliphatic rings. The van der Waals surface area contributed by atoms with Crippen LogP contribution in [0.25, 0.3) is 0 Å². The highest BCUT2D eigenvalue weighted by molar-refractivity contribution is 5.97. The fraction of sp³-hybridized carbons (Fsp3) is 0.526. The molecule has 0 aromatic heterocycles. The van der Waals surface area contributed by atoms with Gasteiger partial charge in [0.05, 0.1) is 18.8 Å². The van der Waals surface area contributed by atoms with Crippen molar-refractivity contribution in [2.45, 2.75) is 45.6 Å². The maximum Gasteiger partial charge on any atom is 0.338 e. The Hall–Kier alpha value is -2.77. The maximum absolute atomic E-state index is 12.2. The predicted molar refractivity (Wildman–Crippen MR) is 98.0 cm³/mol. The van der Waals surface area contributed by atoms with Gasteiger partial charge in [-0.05, 0) is 43.9 Å². The summed E-state index contributed by atoms with van der Waals surface area (Å²) in [5.41, 5.74) is 0.236. The molecule has 8 heteroatoms. The van der Waals surface area contributed by atoms with E-state index in [1.54, 1.807) is 12.1 Å². The number of hydrogen-bond acceptors (Lipinski definition) is 6. The Balaban J connectivity index is 1.89. The zero-order valence-electron chi connectivity index (χ0n) is 15.7. The number of amides is 3. The molecular weight excluding hydrogens is 352 g/mol. The minimum absolute atomic E-state index is 0.135. The molecule has 1 fully saturated rings. The van der Waals surface area contributed by atoms with Crippen LogP contribution in [0.3, 0.4) is 0 Å². The van der Waals surface area contributed by atoms with Crippen LogP contribution < -0.4 is 20.1 Å². The Labute approximate surface area is 158 Å². The predicted octanol–water partition coefficient (Wildman–Crippen LogP) is 2.41. The highest BCUT2D eigenvalue weighted by Crippen LogP contribution is 2.29. The molecule has 8 nitrogen and oxygen atoms in total. The van der Waals surface area contributed by atoms with Gasteiger partial charge >= 0.3 is 12.0 Å². The molecule has 1 saturated carbocycles. The number of ether oxygens (including phenoxy) is 3. The maximum atomic E-state index is 12.2. The first-order valence-electron chi connectivity index (χ1n) is 9.20. The van der Waals surface area contributed by atoms with Gasteiger partial charge < -0.3 is 19.5 Å². The number of carbonyl (C=O) groups is 3. The standard InChI is InChI=1S/C19H26N2O6/c1-3-9-25-15-8-5-13(11-16(15)26-10-4-2)18(23)27-12-17(22)21-19(24)20-14-6-7-14/h5,8,11,14H,3-4,6-7,9-10,12H2,1-2H3,(H2,20,21,22,24). The van der Waals surface area contributed by atoms with E-state index in [9.17, 15) is 14.4 Å². The van der Waals surface area contributed by atoms with Gasteiger partial charge in [0.2, 0.25) is 0 Å². The summed E-state index contributed by atoms with van der Waals surface area (Å²) in [6, 6.07) is 4.27. The second kappa shape index (κ2) is 10.4. The van der Waals surface area contributed by atoms with Crippen LogP contribution in [0.4, 0.5) is 4.79 Å². The third-order valence-electron chi connectivity index (χ3n) is 3.60. The lowest BCUT2D eigenvalue weighted by atomic mass is 10.2. The largest absolute Gasteiger partial charge is 0.490 e. The number of rotatable bonds is 10. The van der Waals surface area contributed by atoms with Gasteiger partial charge in [-0.3, -0.25) is 10.1 Å². The summed E-state index contributed by atoms with van der Waals surface area (Å²) in [6.45, 7) is 4.45. The van der Waals surface area contributed by atoms with E-state index in [1.807, 2.05) is 13.8 Å². The molecule has 0 unspecified atom stereocenters. The van der Waals surface area contributed by atoms with E-state index < -0.39 is 24.5 Å². The Morgan fingerprint density at radius 2 is 1.70 bits per heavy atom. The van der Waals surface area contributed by atoms with Crippen molar-refractivity contribution in [3.8, 4) is 11.5 Å². The molecule has 1 aliphatic carbocycles. The SMILES string of the molecule is CCCOc1ccc(C(=O)OCC(=O)NC(=O)NC2CC2)cc1OCCC. The van der Waals surface area contributed by atoms with Crippen molar-refractivity contribution in [3.63, 3.8) is 0 Å². The summed E-state index contributed by atoms with van der Waals surface area (Å²) in [7, 11) is 0. The van der Waals surface area contributed by atoms with Gasteiger partial charge in [-0.2, -0.15) is 0 Å². The van der Waals surface area contributed by atoms with Crippen molar-refractivity contribution in [1.29, 1.82) is 0 Å². The fourth-order valence-corrected chi connectivity index (χ4v) is 2.12. The van der Waals surface area contributed by atoms with E-state index in [0.29, 0.717) is 24.7 Å². The second-order valence-corrected chi connectivity index (χ2v) is 6.23. The Kier molecular flexibility index (Phi) is 7.91. The summed E-state index contributed by atoms with van der Waals surface area (Å²) in [5.74, 6) is -0.368. The van der Waals surface area contributed by atoms with Gasteiger partial charge in [0, 0.05) is 6.04 Å². The second-order valence-electron chi connectivity index (χ2n) is 6.23. The van der Waals surface area contributed by atoms with Crippen LogP contribution in [0.15, 0.2) is 18.2 Å². The molecule has 0 spiro atoms. The van der Waals surface area contributed by atoms with Gasteiger partial charge in [-0.25, -0.2) is 9.59 Å². The van der Waals surface area contributed by atoms with E-state index in [0.717, 1.165) is 25.7 Å². The lowest BCUT2D eigenvalue weighted by molar-refractivity contribution is -0.123. The molecule has 3 amide bonds. The van der Waals surface area contributed by atoms with Crippen molar-refractivity contribution < 1.29 is 28.6 Å². The minimum atomic E-state index is -0.688. The molecule has 0 atom stereocenters. The summed E-state index contributed by atoms with van der Waals surface area (Å²) in [4.78, 5) is 35.3. The first kappa shape index (κ1) is 20.5. The summed E-state index contributed by atoms with van der Waals surface area (Å²) in [5, 5.41) is 4.73. The van der Waals surface area contributed by atoms with Crippen LogP contribution in [-0.2, 0) is 9.53 Å². The van der Waals surface area contributed by atoms with Crippen LogP contribution in [0, 0.1) is 0 Å². The molecule has 2 rings (SSSR count). The van der Waals surface area contributed by atoms with E-state index in [-0.39, 0.29) is 11.6 Å². The van der Waals surface area contributed by atoms with Crippen molar-refractivity contribution in [1.82, 2.24) is 10.6 Å². The quantitative estimate of drug-likeness (QED) is 0.606. The number of imide groups is 1. The van der Waals surface area contributed by atoms with Crippen molar-refractivity contribution in [3.05, 3.63) is 23.8 Å². The smallest absolute Gasteiger partial charge is 0.338 e. The van der Waals surface area contributed by atoms with Crippen LogP contribution in [-0.4, -0.2) is 43.8 Å². The normalized spacial score (nSPS) is 12.8. The Morgan fingerprint density at radius 1 is 1.04 bits per heavy atom. The molecule has 0 radical (unpaired) electrons. The van der Waals surface area contributed by atoms with Gasteiger partial charge in [0.25, 0.3) is 5.91 Å². The van der Waals surface area contributed by atoms with Gasteiger partial charge in [-0.1, -0.05) is 13.8 Å². The molecular formula is C19H26N2O6. The monoisotopic (exact) mass is 378 g/mol. The summed E-state index contributed by atoms with van der Waals surface area (Å²) >= 11 is 0. The Morgan fingerprint density at radius 3 is 2.33 bits per heavy atom. The lowest BCUT2D eigenvalue weighted by Gasteiger charge is -2.13. The third kappa shape index (κ3) is 7.16. The van der Waals surface area contributed by atoms with Crippen LogP contribution in [0.5, 0.6) is 11.5 Å². The lowest BCUT2D eigenvalue weighted by Crippen LogP contribution is -2.42. The number of esters is 1. The average Bonchev–Trinajstić information content (AvgIpc) is 3.46. The number of carbonyl (C=O) groups excluding carboxylic acids is 3. The van der Waals surface area contributed by atoms with Crippen LogP contribution >= 0.6 is 0 Å². The first-order chi connectivity index (χ1) is 13.0. The first-order valence-corrected chi connectivity index (χ1v) is 9.20. The number of benzene rings is 1. The Bertz CT molecular complexity index is 672. The fourth-order valence-electron chi connectivity index (χ4n) is 2.12. The van der Waals surface area contributed by atoms with Gasteiger partial charge in [0.15, 0.2) is 18.1 Å². The molecule has 0 bridgehead atoms. The molecule has 1 aromatic rings. The number of urea groups is 1. The van der Waals surface area contributed by atoms with Crippen molar-refractivity contribution in [2.24, 2.45) is 0 Å². The zero-order chi connectivity index (χ0) is 19.6. The third-order valence-corrected chi connectivity index (χ3v) is 3.60. The molecule has 148 valence electrons. The van der Waals surface area contributed by atoms with E-state index in [4.69, 9.17) is 14.2 Å². The average molecular weight is 378 g/mol. The van der Waals surface area contributed by atoms with E-state index >= 15 is 0 Å². The number of nitrogens with one attached hydrogen (secondary N) is 2. The van der Waals surface area contributed by atoms with E-state index in [1.165, 1.54) is 6.07 Å². The highest BCUT2D eigenvalue weighted by atomic mass is 16.5. The molecule has 2 N–H and O–H groups in total. The van der Waals surface area contributed by atoms with Crippen molar-refractivity contribution >= 4 is 17.9 Å². The van der Waals surface area contributed by atoms with Crippen molar-refractivity contribution in [2.75, 3.05) is 19.8 Å². The van der Waals surface area contributed by atoms with E-state index in [2.05, 4.69) is 10.6 Å². The summed E-state index contributed by atoms with van der Waals surface area (Å²) in [6.07, 6.45) is 3.49. The molecule has 0 saturated heterocycles. The van der Waals surface area contributed by atoms with Crippen LogP contribution in [0.2, 0.25) is 0 Å². The van der Waals surface area contributed by atoms with Gasteiger partial charge in [-0.15, -0.1) is 0 Å². The zero-order valence-corrected chi connectivity index (χ0v) is 15.7. The minimum Gasteiger partial charge on any atom is -0.490 e. The topological polar surface area (TPSA) is 103 Å². The molecule has 0 heterocycles. The van der Waals surface area contributed by atoms with Gasteiger partial charge in [0.1, 0.15) is 0 Å². The molecule has 0 aliphatic heterocycles. The highest BCUT2D eigenvalue weighted by Gasteiger charge is 2.24. The molecule has 1 aromatic carbocycles. The van der Waals surface area contributed by atoms with Crippen LogP contribution in [0.1, 0.15) is 49.9 Å². The summed E-state index contributed by atoms with van der Waals surface area (Å²) < 4.78 is 16.2. The number of hydrogen-bond donors (Lipinski definition) is 2.